The normalized spacial score (nSPS) is 31.9. The average molecular weight is 423 g/mol. The lowest BCUT2D eigenvalue weighted by Gasteiger charge is -2.61. The van der Waals surface area contributed by atoms with Crippen molar-refractivity contribution in [3.63, 3.8) is 0 Å². The Morgan fingerprint density at radius 2 is 1.69 bits per heavy atom. The fraction of sp³-hybridized carbons (Fsp3) is 0.321. The van der Waals surface area contributed by atoms with Gasteiger partial charge in [-0.25, -0.2) is 4.79 Å². The molecule has 1 N–H and O–H groups in total. The van der Waals surface area contributed by atoms with E-state index >= 15 is 0 Å². The van der Waals surface area contributed by atoms with Crippen LogP contribution in [-0.4, -0.2) is 11.6 Å². The Labute approximate surface area is 188 Å². The second kappa shape index (κ2) is 6.38. The van der Waals surface area contributed by atoms with Crippen LogP contribution < -0.4 is 10.2 Å². The van der Waals surface area contributed by atoms with Gasteiger partial charge in [-0.3, -0.25) is 0 Å². The summed E-state index contributed by atoms with van der Waals surface area (Å²) in [6.45, 7) is 0. The van der Waals surface area contributed by atoms with Gasteiger partial charge in [-0.15, -0.1) is 0 Å². The van der Waals surface area contributed by atoms with Crippen molar-refractivity contribution in [3.05, 3.63) is 95.6 Å². The van der Waals surface area contributed by atoms with Gasteiger partial charge in [0.25, 0.3) is 0 Å². The number of fused-ring (bicyclic) bond motifs is 5. The summed E-state index contributed by atoms with van der Waals surface area (Å²) in [5.74, 6) is 0.526. The van der Waals surface area contributed by atoms with Gasteiger partial charge in [-0.05, 0) is 48.9 Å². The number of piperidine rings is 1. The third kappa shape index (κ3) is 2.20. The smallest absolute Gasteiger partial charge is 0.341 e. The summed E-state index contributed by atoms with van der Waals surface area (Å²) in [6, 6.07) is 27.4. The summed E-state index contributed by atoms with van der Waals surface area (Å²) in [5, 5.41) is 3.98. The minimum Gasteiger partial charge on any atom is -0.431 e. The Kier molecular flexibility index (Phi) is 3.65. The largest absolute Gasteiger partial charge is 0.431 e. The van der Waals surface area contributed by atoms with Crippen LogP contribution in [-0.2, 0) is 10.5 Å². The van der Waals surface area contributed by atoms with Gasteiger partial charge in [0.15, 0.2) is 0 Å². The second-order valence-electron chi connectivity index (χ2n) is 9.69. The zero-order chi connectivity index (χ0) is 21.3. The predicted octanol–water partition coefficient (Wildman–Crippen LogP) is 6.02. The van der Waals surface area contributed by atoms with E-state index in [9.17, 15) is 4.79 Å². The Hall–Kier alpha value is -3.27. The van der Waals surface area contributed by atoms with Gasteiger partial charge >= 0.3 is 5.97 Å². The number of nitrogens with zero attached hydrogens (tertiary/aromatic N) is 1. The van der Waals surface area contributed by atoms with Crippen LogP contribution in [0.15, 0.2) is 78.9 Å². The third-order valence-corrected chi connectivity index (χ3v) is 8.23. The molecular formula is C28H26N2O2. The summed E-state index contributed by atoms with van der Waals surface area (Å²) in [4.78, 5) is 15.6. The molecular weight excluding hydrogens is 396 g/mol. The van der Waals surface area contributed by atoms with Crippen molar-refractivity contribution >= 4 is 17.3 Å². The molecule has 4 nitrogen and oxygen atoms in total. The molecule has 4 heteroatoms. The maximum atomic E-state index is 13.2. The number of benzene rings is 3. The van der Waals surface area contributed by atoms with Crippen LogP contribution in [0.25, 0.3) is 0 Å². The van der Waals surface area contributed by atoms with Crippen LogP contribution in [0.4, 0.5) is 11.4 Å². The van der Waals surface area contributed by atoms with E-state index in [1.165, 1.54) is 24.8 Å². The number of carbonyl (C=O) groups is 1. The van der Waals surface area contributed by atoms with Gasteiger partial charge in [0.2, 0.25) is 5.72 Å². The first-order chi connectivity index (χ1) is 15.7. The monoisotopic (exact) mass is 422 g/mol. The van der Waals surface area contributed by atoms with Crippen molar-refractivity contribution in [2.24, 2.45) is 5.92 Å². The first kappa shape index (κ1) is 18.3. The van der Waals surface area contributed by atoms with Crippen LogP contribution in [0.2, 0.25) is 0 Å². The third-order valence-electron chi connectivity index (χ3n) is 8.23. The molecule has 3 aromatic rings. The second-order valence-corrected chi connectivity index (χ2v) is 9.69. The van der Waals surface area contributed by atoms with Gasteiger partial charge in [0.05, 0.1) is 16.9 Å². The maximum Gasteiger partial charge on any atom is 0.341 e. The fourth-order valence-corrected chi connectivity index (χ4v) is 7.11. The molecule has 3 aliphatic heterocycles. The molecule has 7 rings (SSSR count). The molecule has 0 unspecified atom stereocenters. The van der Waals surface area contributed by atoms with Gasteiger partial charge in [-0.2, -0.15) is 0 Å². The zero-order valence-electron chi connectivity index (χ0n) is 18.0. The summed E-state index contributed by atoms with van der Waals surface area (Å²) in [7, 11) is 0. The van der Waals surface area contributed by atoms with Gasteiger partial charge in [0, 0.05) is 17.9 Å². The Balaban J connectivity index is 1.52. The highest BCUT2D eigenvalue weighted by Gasteiger charge is 2.67. The van der Waals surface area contributed by atoms with E-state index in [2.05, 4.69) is 70.9 Å². The molecule has 3 heterocycles. The Morgan fingerprint density at radius 1 is 0.906 bits per heavy atom. The summed E-state index contributed by atoms with van der Waals surface area (Å²) in [6.07, 6.45) is 5.38. The van der Waals surface area contributed by atoms with Crippen molar-refractivity contribution in [1.29, 1.82) is 0 Å². The molecule has 32 heavy (non-hydrogen) atoms. The standard InChI is InChI=1S/C28H26N2O2/c31-26-20-12-4-5-14-23(20)28(32-26)18-21(19-10-2-1-3-11-19)22-13-8-9-17-27(22)29-24-15-6-7-16-25(24)30(27)28/h1-7,10-12,14-16,21-22,29H,8-9,13,17-18H2/t21-,22-,27-,28+/m0/s1. The lowest BCUT2D eigenvalue weighted by molar-refractivity contribution is -0.0663. The number of esters is 1. The zero-order valence-corrected chi connectivity index (χ0v) is 18.0. The number of ether oxygens (including phenoxy) is 1. The van der Waals surface area contributed by atoms with Crippen LogP contribution in [0.3, 0.4) is 0 Å². The van der Waals surface area contributed by atoms with Crippen molar-refractivity contribution in [2.45, 2.75) is 49.4 Å². The van der Waals surface area contributed by atoms with E-state index in [0.717, 1.165) is 29.8 Å². The molecule has 0 amide bonds. The maximum absolute atomic E-state index is 13.2. The van der Waals surface area contributed by atoms with Crippen LogP contribution in [0, 0.1) is 5.92 Å². The van der Waals surface area contributed by atoms with E-state index in [1.54, 1.807) is 0 Å². The molecule has 0 bridgehead atoms. The van der Waals surface area contributed by atoms with Crippen molar-refractivity contribution in [1.82, 2.24) is 0 Å². The molecule has 1 saturated heterocycles. The number of hydrogen-bond acceptors (Lipinski definition) is 4. The summed E-state index contributed by atoms with van der Waals surface area (Å²) < 4.78 is 6.47. The van der Waals surface area contributed by atoms with Crippen molar-refractivity contribution < 1.29 is 9.53 Å². The molecule has 1 aliphatic carbocycles. The lowest BCUT2D eigenvalue weighted by Crippen LogP contribution is -2.69. The van der Waals surface area contributed by atoms with E-state index in [1.807, 2.05) is 18.2 Å². The molecule has 3 aromatic carbocycles. The average Bonchev–Trinajstić information content (AvgIpc) is 3.32. The number of hydrogen-bond donors (Lipinski definition) is 1. The van der Waals surface area contributed by atoms with Crippen molar-refractivity contribution in [2.75, 3.05) is 10.2 Å². The molecule has 1 saturated carbocycles. The highest BCUT2D eigenvalue weighted by molar-refractivity contribution is 5.96. The Morgan fingerprint density at radius 3 is 2.59 bits per heavy atom. The van der Waals surface area contributed by atoms with E-state index in [0.29, 0.717) is 17.4 Å². The number of para-hydroxylation sites is 2. The highest BCUT2D eigenvalue weighted by Crippen LogP contribution is 2.65. The minimum atomic E-state index is -0.804. The molecule has 4 aliphatic rings. The van der Waals surface area contributed by atoms with Gasteiger partial charge < -0.3 is 15.0 Å². The first-order valence-corrected chi connectivity index (χ1v) is 11.8. The summed E-state index contributed by atoms with van der Waals surface area (Å²) in [5.41, 5.74) is 4.28. The lowest BCUT2D eigenvalue weighted by atomic mass is 9.62. The number of carbonyl (C=O) groups excluding carboxylic acids is 1. The molecule has 2 fully saturated rings. The number of nitrogens with one attached hydrogen (secondary N) is 1. The van der Waals surface area contributed by atoms with E-state index in [4.69, 9.17) is 4.74 Å². The first-order valence-electron chi connectivity index (χ1n) is 11.8. The highest BCUT2D eigenvalue weighted by atomic mass is 16.6. The molecule has 0 aromatic heterocycles. The van der Waals surface area contributed by atoms with Crippen molar-refractivity contribution in [3.8, 4) is 0 Å². The fourth-order valence-electron chi connectivity index (χ4n) is 7.11. The topological polar surface area (TPSA) is 41.6 Å². The van der Waals surface area contributed by atoms with Crippen LogP contribution >= 0.6 is 0 Å². The SMILES string of the molecule is O=C1O[C@]2(C[C@@H](c3ccccc3)[C@@H]3CCCC[C@@]34Nc3ccccc3N24)c2ccccc21. The number of anilines is 2. The minimum absolute atomic E-state index is 0.207. The molecule has 0 radical (unpaired) electrons. The quantitative estimate of drug-likeness (QED) is 0.487. The van der Waals surface area contributed by atoms with Gasteiger partial charge in [0.1, 0.15) is 5.66 Å². The summed E-state index contributed by atoms with van der Waals surface area (Å²) >= 11 is 0. The molecule has 4 atom stereocenters. The van der Waals surface area contributed by atoms with Crippen LogP contribution in [0.1, 0.15) is 59.5 Å². The Bertz CT molecular complexity index is 1220. The van der Waals surface area contributed by atoms with E-state index in [-0.39, 0.29) is 11.6 Å². The number of rotatable bonds is 1. The predicted molar refractivity (Wildman–Crippen MR) is 125 cm³/mol. The van der Waals surface area contributed by atoms with E-state index < -0.39 is 5.72 Å². The molecule has 160 valence electrons. The van der Waals surface area contributed by atoms with Crippen LogP contribution in [0.5, 0.6) is 0 Å². The van der Waals surface area contributed by atoms with Gasteiger partial charge in [-0.1, -0.05) is 67.1 Å². The molecule has 2 spiro atoms.